The molecule has 2 atom stereocenters. The van der Waals surface area contributed by atoms with Crippen molar-refractivity contribution in [3.63, 3.8) is 0 Å². The highest BCUT2D eigenvalue weighted by Gasteiger charge is 2.42. The summed E-state index contributed by atoms with van der Waals surface area (Å²) in [6.07, 6.45) is 1.34. The first-order valence-electron chi connectivity index (χ1n) is 8.57. The van der Waals surface area contributed by atoms with Gasteiger partial charge in [-0.05, 0) is 43.7 Å². The smallest absolute Gasteiger partial charge is 0.317 e. The van der Waals surface area contributed by atoms with Gasteiger partial charge in [0.25, 0.3) is 0 Å². The first-order chi connectivity index (χ1) is 11.2. The standard InChI is InChI=1S/C19H28N2O3/c1-13(2)11-16(15-8-6-5-7-14(15)3)20-18(24)21-10-9-19(4,12-21)17(22)23/h5-8,13,16H,9-12H2,1-4H3,(H,20,24)(H,22,23). The molecule has 24 heavy (non-hydrogen) atoms. The summed E-state index contributed by atoms with van der Waals surface area (Å²) in [7, 11) is 0. The van der Waals surface area contributed by atoms with E-state index in [1.807, 2.05) is 31.2 Å². The lowest BCUT2D eigenvalue weighted by molar-refractivity contribution is -0.147. The Hall–Kier alpha value is -2.04. The van der Waals surface area contributed by atoms with Crippen LogP contribution >= 0.6 is 0 Å². The van der Waals surface area contributed by atoms with E-state index in [4.69, 9.17) is 0 Å². The SMILES string of the molecule is Cc1ccccc1C(CC(C)C)NC(=O)N1CCC(C)(C(=O)O)C1. The third-order valence-electron chi connectivity index (χ3n) is 4.85. The molecule has 1 aromatic carbocycles. The second-order valence-corrected chi connectivity index (χ2v) is 7.53. The van der Waals surface area contributed by atoms with Gasteiger partial charge >= 0.3 is 12.0 Å². The van der Waals surface area contributed by atoms with Crippen LogP contribution in [0.1, 0.15) is 50.8 Å². The number of nitrogens with one attached hydrogen (secondary N) is 1. The molecule has 0 aliphatic carbocycles. The molecule has 2 N–H and O–H groups in total. The molecule has 1 aromatic rings. The minimum absolute atomic E-state index is 0.0598. The van der Waals surface area contributed by atoms with Gasteiger partial charge in [-0.15, -0.1) is 0 Å². The summed E-state index contributed by atoms with van der Waals surface area (Å²) in [5.41, 5.74) is 1.44. The fraction of sp³-hybridized carbons (Fsp3) is 0.579. The van der Waals surface area contributed by atoms with Gasteiger partial charge in [0.2, 0.25) is 0 Å². The predicted octanol–water partition coefficient (Wildman–Crippen LogP) is 3.59. The van der Waals surface area contributed by atoms with E-state index in [9.17, 15) is 14.7 Å². The van der Waals surface area contributed by atoms with E-state index >= 15 is 0 Å². The molecule has 5 heteroatoms. The van der Waals surface area contributed by atoms with Gasteiger partial charge in [-0.25, -0.2) is 4.79 Å². The molecule has 2 rings (SSSR count). The van der Waals surface area contributed by atoms with Crippen LogP contribution in [0.3, 0.4) is 0 Å². The van der Waals surface area contributed by atoms with Crippen LogP contribution in [0.15, 0.2) is 24.3 Å². The van der Waals surface area contributed by atoms with Crippen molar-refractivity contribution in [1.29, 1.82) is 0 Å². The molecule has 1 fully saturated rings. The minimum atomic E-state index is -0.840. The summed E-state index contributed by atoms with van der Waals surface area (Å²) in [5.74, 6) is -0.395. The van der Waals surface area contributed by atoms with E-state index in [1.165, 1.54) is 0 Å². The molecule has 0 spiro atoms. The van der Waals surface area contributed by atoms with E-state index in [0.717, 1.165) is 17.5 Å². The Balaban J connectivity index is 2.11. The molecule has 0 aromatic heterocycles. The van der Waals surface area contributed by atoms with Gasteiger partial charge in [0.1, 0.15) is 0 Å². The van der Waals surface area contributed by atoms with Crippen molar-refractivity contribution in [2.45, 2.75) is 46.6 Å². The van der Waals surface area contributed by atoms with E-state index in [-0.39, 0.29) is 18.6 Å². The average molecular weight is 332 g/mol. The number of carboxylic acid groups (broad SMARTS) is 1. The predicted molar refractivity (Wildman–Crippen MR) is 93.8 cm³/mol. The van der Waals surface area contributed by atoms with Crippen LogP contribution in [0.5, 0.6) is 0 Å². The van der Waals surface area contributed by atoms with Crippen LogP contribution in [0.25, 0.3) is 0 Å². The zero-order valence-electron chi connectivity index (χ0n) is 15.0. The van der Waals surface area contributed by atoms with Crippen molar-refractivity contribution in [2.75, 3.05) is 13.1 Å². The van der Waals surface area contributed by atoms with E-state index in [2.05, 4.69) is 19.2 Å². The molecule has 1 saturated heterocycles. The van der Waals surface area contributed by atoms with Crippen LogP contribution in [0.4, 0.5) is 4.79 Å². The monoisotopic (exact) mass is 332 g/mol. The molecular weight excluding hydrogens is 304 g/mol. The van der Waals surface area contributed by atoms with Crippen LogP contribution in [-0.4, -0.2) is 35.1 Å². The third-order valence-corrected chi connectivity index (χ3v) is 4.85. The molecule has 0 saturated carbocycles. The maximum absolute atomic E-state index is 12.7. The maximum atomic E-state index is 12.7. The average Bonchev–Trinajstić information content (AvgIpc) is 2.91. The topological polar surface area (TPSA) is 69.6 Å². The molecule has 5 nitrogen and oxygen atoms in total. The number of likely N-dealkylation sites (tertiary alicyclic amines) is 1. The molecule has 0 radical (unpaired) electrons. The number of nitrogens with zero attached hydrogens (tertiary/aromatic N) is 1. The Bertz CT molecular complexity index is 614. The molecule has 1 aliphatic rings. The van der Waals surface area contributed by atoms with E-state index in [1.54, 1.807) is 11.8 Å². The van der Waals surface area contributed by atoms with Crippen molar-refractivity contribution in [2.24, 2.45) is 11.3 Å². The fourth-order valence-corrected chi connectivity index (χ4v) is 3.26. The van der Waals surface area contributed by atoms with E-state index in [0.29, 0.717) is 18.9 Å². The van der Waals surface area contributed by atoms with Gasteiger partial charge < -0.3 is 15.3 Å². The van der Waals surface area contributed by atoms with Crippen LogP contribution in [-0.2, 0) is 4.79 Å². The quantitative estimate of drug-likeness (QED) is 0.866. The molecule has 2 amide bonds. The van der Waals surface area contributed by atoms with Gasteiger partial charge in [0.05, 0.1) is 11.5 Å². The second kappa shape index (κ2) is 7.24. The minimum Gasteiger partial charge on any atom is -0.481 e. The van der Waals surface area contributed by atoms with Crippen molar-refractivity contribution in [3.05, 3.63) is 35.4 Å². The zero-order valence-corrected chi connectivity index (χ0v) is 15.0. The van der Waals surface area contributed by atoms with Gasteiger partial charge in [-0.3, -0.25) is 4.79 Å². The number of benzene rings is 1. The number of hydrogen-bond acceptors (Lipinski definition) is 2. The number of hydrogen-bond donors (Lipinski definition) is 2. The summed E-state index contributed by atoms with van der Waals surface area (Å²) >= 11 is 0. The Morgan fingerprint density at radius 1 is 1.33 bits per heavy atom. The number of rotatable bonds is 5. The van der Waals surface area contributed by atoms with Gasteiger partial charge in [-0.1, -0.05) is 38.1 Å². The third kappa shape index (κ3) is 4.08. The summed E-state index contributed by atoms with van der Waals surface area (Å²) in [4.78, 5) is 25.6. The highest BCUT2D eigenvalue weighted by molar-refractivity contribution is 5.79. The Morgan fingerprint density at radius 2 is 2.00 bits per heavy atom. The van der Waals surface area contributed by atoms with Crippen LogP contribution in [0.2, 0.25) is 0 Å². The summed E-state index contributed by atoms with van der Waals surface area (Å²) in [6, 6.07) is 7.84. The lowest BCUT2D eigenvalue weighted by Gasteiger charge is -2.27. The van der Waals surface area contributed by atoms with Crippen molar-refractivity contribution < 1.29 is 14.7 Å². The van der Waals surface area contributed by atoms with Gasteiger partial charge in [-0.2, -0.15) is 0 Å². The highest BCUT2D eigenvalue weighted by atomic mass is 16.4. The number of aliphatic carboxylic acids is 1. The molecule has 0 bridgehead atoms. The molecular formula is C19H28N2O3. The Morgan fingerprint density at radius 3 is 2.54 bits per heavy atom. The number of carbonyl (C=O) groups excluding carboxylic acids is 1. The highest BCUT2D eigenvalue weighted by Crippen LogP contribution is 2.31. The van der Waals surface area contributed by atoms with Gasteiger partial charge in [0.15, 0.2) is 0 Å². The molecule has 1 aliphatic heterocycles. The number of urea groups is 1. The van der Waals surface area contributed by atoms with Crippen molar-refractivity contribution in [1.82, 2.24) is 10.2 Å². The first-order valence-corrected chi connectivity index (χ1v) is 8.57. The van der Waals surface area contributed by atoms with Crippen molar-refractivity contribution >= 4 is 12.0 Å². The van der Waals surface area contributed by atoms with Crippen LogP contribution in [0, 0.1) is 18.3 Å². The summed E-state index contributed by atoms with van der Waals surface area (Å²) in [6.45, 7) is 8.76. The lowest BCUT2D eigenvalue weighted by Crippen LogP contribution is -2.42. The normalized spacial score (nSPS) is 21.8. The zero-order chi connectivity index (χ0) is 17.9. The van der Waals surface area contributed by atoms with Crippen LogP contribution < -0.4 is 5.32 Å². The summed E-state index contributed by atoms with van der Waals surface area (Å²) in [5, 5.41) is 12.4. The number of carbonyl (C=O) groups is 2. The largest absolute Gasteiger partial charge is 0.481 e. The number of carboxylic acids is 1. The summed E-state index contributed by atoms with van der Waals surface area (Å²) < 4.78 is 0. The maximum Gasteiger partial charge on any atom is 0.317 e. The lowest BCUT2D eigenvalue weighted by atomic mass is 9.90. The Labute approximate surface area is 144 Å². The second-order valence-electron chi connectivity index (χ2n) is 7.53. The molecule has 2 unspecified atom stereocenters. The first kappa shape index (κ1) is 18.3. The number of amides is 2. The number of aryl methyl sites for hydroxylation is 1. The van der Waals surface area contributed by atoms with Crippen molar-refractivity contribution in [3.8, 4) is 0 Å². The fourth-order valence-electron chi connectivity index (χ4n) is 3.26. The molecule has 132 valence electrons. The van der Waals surface area contributed by atoms with Gasteiger partial charge in [0, 0.05) is 13.1 Å². The Kier molecular flexibility index (Phi) is 5.52. The molecule has 1 heterocycles. The van der Waals surface area contributed by atoms with E-state index < -0.39 is 11.4 Å².